The van der Waals surface area contributed by atoms with Gasteiger partial charge in [0.1, 0.15) is 0 Å². The lowest BCUT2D eigenvalue weighted by Crippen LogP contribution is -2.26. The van der Waals surface area contributed by atoms with Crippen LogP contribution < -0.4 is 5.32 Å². The lowest BCUT2D eigenvalue weighted by Gasteiger charge is -2.20. The van der Waals surface area contributed by atoms with Crippen molar-refractivity contribution in [3.8, 4) is 0 Å². The maximum Gasteiger partial charge on any atom is 0.223 e. The molecule has 24 heavy (non-hydrogen) atoms. The van der Waals surface area contributed by atoms with Crippen molar-refractivity contribution in [3.63, 3.8) is 0 Å². The smallest absolute Gasteiger partial charge is 0.223 e. The summed E-state index contributed by atoms with van der Waals surface area (Å²) in [4.78, 5) is 11.2. The van der Waals surface area contributed by atoms with Crippen molar-refractivity contribution in [2.75, 3.05) is 18.4 Å². The fourth-order valence-corrected chi connectivity index (χ4v) is 3.16. The molecule has 1 fully saturated rings. The molecule has 3 rings (SSSR count). The Morgan fingerprint density at radius 1 is 1.17 bits per heavy atom. The maximum absolute atomic E-state index is 4.44. The average Bonchev–Trinajstić information content (AvgIpc) is 2.94. The van der Waals surface area contributed by atoms with Crippen molar-refractivity contribution in [1.82, 2.24) is 14.9 Å². The Kier molecular flexibility index (Phi) is 4.86. The Morgan fingerprint density at radius 3 is 2.58 bits per heavy atom. The number of aryl methyl sites for hydroxylation is 1. The van der Waals surface area contributed by atoms with Crippen molar-refractivity contribution < 1.29 is 0 Å². The van der Waals surface area contributed by atoms with Crippen LogP contribution in [0.25, 0.3) is 0 Å². The number of nitrogens with one attached hydrogen (secondary N) is 1. The average molecular weight is 324 g/mol. The SMILES string of the molecule is Cc1ccnc(NC2CCN(Cc3ccc(C(C)(C)C)cc3)C2)n1. The molecule has 0 saturated carbocycles. The van der Waals surface area contributed by atoms with Gasteiger partial charge in [-0.15, -0.1) is 0 Å². The molecule has 1 aliphatic heterocycles. The standard InChI is InChI=1S/C20H28N4/c1-15-9-11-21-19(22-15)23-18-10-12-24(14-18)13-16-5-7-17(8-6-16)20(2,3)4/h5-9,11,18H,10,12-14H2,1-4H3,(H,21,22,23). The van der Waals surface area contributed by atoms with Gasteiger partial charge in [0.05, 0.1) is 0 Å². The summed E-state index contributed by atoms with van der Waals surface area (Å²) in [6.07, 6.45) is 2.95. The summed E-state index contributed by atoms with van der Waals surface area (Å²) in [7, 11) is 0. The summed E-state index contributed by atoms with van der Waals surface area (Å²) in [5, 5.41) is 3.46. The third-order valence-electron chi connectivity index (χ3n) is 4.63. The van der Waals surface area contributed by atoms with E-state index in [1.54, 1.807) is 0 Å². The van der Waals surface area contributed by atoms with Crippen LogP contribution in [-0.4, -0.2) is 34.0 Å². The summed E-state index contributed by atoms with van der Waals surface area (Å²) in [5.41, 5.74) is 4.00. The third-order valence-corrected chi connectivity index (χ3v) is 4.63. The summed E-state index contributed by atoms with van der Waals surface area (Å²) in [6.45, 7) is 11.9. The quantitative estimate of drug-likeness (QED) is 0.929. The highest BCUT2D eigenvalue weighted by molar-refractivity contribution is 5.29. The maximum atomic E-state index is 4.44. The van der Waals surface area contributed by atoms with E-state index in [1.165, 1.54) is 11.1 Å². The molecule has 1 unspecified atom stereocenters. The first-order chi connectivity index (χ1) is 11.4. The van der Waals surface area contributed by atoms with Crippen molar-refractivity contribution >= 4 is 5.95 Å². The minimum Gasteiger partial charge on any atom is -0.350 e. The zero-order valence-corrected chi connectivity index (χ0v) is 15.2. The normalized spacial score (nSPS) is 18.8. The minimum absolute atomic E-state index is 0.217. The number of nitrogens with zero attached hydrogens (tertiary/aromatic N) is 3. The van der Waals surface area contributed by atoms with Gasteiger partial charge in [-0.3, -0.25) is 4.90 Å². The molecule has 4 heteroatoms. The molecule has 0 aliphatic carbocycles. The van der Waals surface area contributed by atoms with Crippen LogP contribution in [0.3, 0.4) is 0 Å². The van der Waals surface area contributed by atoms with Gasteiger partial charge in [0.2, 0.25) is 5.95 Å². The number of hydrogen-bond acceptors (Lipinski definition) is 4. The van der Waals surface area contributed by atoms with Crippen LogP contribution in [0.4, 0.5) is 5.95 Å². The van der Waals surface area contributed by atoms with Crippen molar-refractivity contribution in [3.05, 3.63) is 53.3 Å². The molecular formula is C20H28N4. The van der Waals surface area contributed by atoms with E-state index >= 15 is 0 Å². The van der Waals surface area contributed by atoms with Gasteiger partial charge in [-0.25, -0.2) is 9.97 Å². The Labute approximate surface area is 145 Å². The van der Waals surface area contributed by atoms with E-state index in [-0.39, 0.29) is 5.41 Å². The van der Waals surface area contributed by atoms with E-state index in [0.29, 0.717) is 6.04 Å². The molecule has 4 nitrogen and oxygen atoms in total. The number of hydrogen-bond donors (Lipinski definition) is 1. The lowest BCUT2D eigenvalue weighted by atomic mass is 9.87. The largest absolute Gasteiger partial charge is 0.350 e. The molecule has 1 aliphatic rings. The molecule has 1 N–H and O–H groups in total. The monoisotopic (exact) mass is 324 g/mol. The van der Waals surface area contributed by atoms with Crippen LogP contribution in [0.15, 0.2) is 36.5 Å². The van der Waals surface area contributed by atoms with Gasteiger partial charge in [0, 0.05) is 37.6 Å². The van der Waals surface area contributed by atoms with Crippen LogP contribution in [0.5, 0.6) is 0 Å². The summed E-state index contributed by atoms with van der Waals surface area (Å²) >= 11 is 0. The van der Waals surface area contributed by atoms with Crippen molar-refractivity contribution in [1.29, 1.82) is 0 Å². The molecule has 1 atom stereocenters. The van der Waals surface area contributed by atoms with Crippen LogP contribution in [0.2, 0.25) is 0 Å². The van der Waals surface area contributed by atoms with Gasteiger partial charge in [-0.1, -0.05) is 45.0 Å². The van der Waals surface area contributed by atoms with Crippen LogP contribution in [0.1, 0.15) is 44.0 Å². The first-order valence-corrected chi connectivity index (χ1v) is 8.78. The number of aromatic nitrogens is 2. The summed E-state index contributed by atoms with van der Waals surface area (Å²) in [6, 6.07) is 11.4. The molecule has 0 spiro atoms. The van der Waals surface area contributed by atoms with Gasteiger partial charge < -0.3 is 5.32 Å². The fourth-order valence-electron chi connectivity index (χ4n) is 3.16. The van der Waals surface area contributed by atoms with Crippen molar-refractivity contribution in [2.24, 2.45) is 0 Å². The molecular weight excluding hydrogens is 296 g/mol. The number of rotatable bonds is 4. The Hall–Kier alpha value is -1.94. The van der Waals surface area contributed by atoms with E-state index < -0.39 is 0 Å². The van der Waals surface area contributed by atoms with Crippen LogP contribution in [0, 0.1) is 6.92 Å². The zero-order valence-electron chi connectivity index (χ0n) is 15.2. The zero-order chi connectivity index (χ0) is 17.2. The van der Waals surface area contributed by atoms with E-state index in [2.05, 4.69) is 65.2 Å². The van der Waals surface area contributed by atoms with E-state index in [4.69, 9.17) is 0 Å². The molecule has 0 bridgehead atoms. The second-order valence-electron chi connectivity index (χ2n) is 7.83. The second kappa shape index (κ2) is 6.89. The van der Waals surface area contributed by atoms with Crippen LogP contribution in [-0.2, 0) is 12.0 Å². The molecule has 2 aromatic rings. The number of anilines is 1. The van der Waals surface area contributed by atoms with Gasteiger partial charge in [0.15, 0.2) is 0 Å². The highest BCUT2D eigenvalue weighted by Gasteiger charge is 2.23. The molecule has 128 valence electrons. The molecule has 0 radical (unpaired) electrons. The number of likely N-dealkylation sites (tertiary alicyclic amines) is 1. The van der Waals surface area contributed by atoms with Crippen molar-refractivity contribution in [2.45, 2.75) is 52.1 Å². The first kappa shape index (κ1) is 16.9. The van der Waals surface area contributed by atoms with Gasteiger partial charge in [-0.05, 0) is 36.0 Å². The molecule has 1 aromatic heterocycles. The lowest BCUT2D eigenvalue weighted by molar-refractivity contribution is 0.328. The molecule has 0 amide bonds. The van der Waals surface area contributed by atoms with Gasteiger partial charge in [0.25, 0.3) is 0 Å². The number of benzene rings is 1. The topological polar surface area (TPSA) is 41.1 Å². The fraction of sp³-hybridized carbons (Fsp3) is 0.500. The predicted molar refractivity (Wildman–Crippen MR) is 99.2 cm³/mol. The predicted octanol–water partition coefficient (Wildman–Crippen LogP) is 3.77. The molecule has 1 aromatic carbocycles. The highest BCUT2D eigenvalue weighted by Crippen LogP contribution is 2.23. The van der Waals surface area contributed by atoms with E-state index in [9.17, 15) is 0 Å². The first-order valence-electron chi connectivity index (χ1n) is 8.78. The van der Waals surface area contributed by atoms with E-state index in [1.807, 2.05) is 19.2 Å². The second-order valence-corrected chi connectivity index (χ2v) is 7.83. The Balaban J connectivity index is 1.54. The Morgan fingerprint density at radius 2 is 1.92 bits per heavy atom. The highest BCUT2D eigenvalue weighted by atomic mass is 15.2. The van der Waals surface area contributed by atoms with Crippen LogP contribution >= 0.6 is 0 Å². The summed E-state index contributed by atoms with van der Waals surface area (Å²) in [5.74, 6) is 0.747. The summed E-state index contributed by atoms with van der Waals surface area (Å²) < 4.78 is 0. The molecule has 1 saturated heterocycles. The van der Waals surface area contributed by atoms with Gasteiger partial charge >= 0.3 is 0 Å². The Bertz CT molecular complexity index is 673. The van der Waals surface area contributed by atoms with E-state index in [0.717, 1.165) is 37.7 Å². The van der Waals surface area contributed by atoms with Gasteiger partial charge in [-0.2, -0.15) is 0 Å². The molecule has 2 heterocycles. The minimum atomic E-state index is 0.217. The third kappa shape index (κ3) is 4.32.